The minimum absolute atomic E-state index is 0.0165. The molecule has 0 aliphatic carbocycles. The number of aromatic hydroxyl groups is 13. The highest BCUT2D eigenvalue weighted by Crippen LogP contribution is 2.65. The van der Waals surface area contributed by atoms with Crippen LogP contribution in [0.2, 0.25) is 0 Å². The number of phenols is 13. The number of aromatic nitrogens is 3. The molecule has 0 atom stereocenters. The number of thiophene rings is 1. The number of hydrogen-bond acceptors (Lipinski definition) is 17. The standard InChI is InChI=1S/C45H28BN3O13S/c46-29-20(50)15-21-22(30(29)51)26-37(58)41(62)38(59)27(42(26)63-21)25-35(56)31(52)23(32(53)36(25)57)24-33(54)39(60)28(40(61)34(24)55)45-48-43(18-9-5-2-6-10-18)47-44(49-45)19-13-11-17(12-14-19)16-7-3-1-4-8-16/h1-15,50-62H. The van der Waals surface area contributed by atoms with E-state index in [4.69, 9.17) is 7.85 Å². The van der Waals surface area contributed by atoms with Gasteiger partial charge in [0.15, 0.2) is 75.0 Å². The van der Waals surface area contributed by atoms with Crippen LogP contribution in [0.5, 0.6) is 74.7 Å². The predicted octanol–water partition coefficient (Wildman–Crippen LogP) is 7.21. The summed E-state index contributed by atoms with van der Waals surface area (Å²) in [5, 5.41) is 145. The Morgan fingerprint density at radius 2 is 0.730 bits per heavy atom. The lowest BCUT2D eigenvalue weighted by molar-refractivity contribution is 0.366. The van der Waals surface area contributed by atoms with E-state index in [0.717, 1.165) is 17.2 Å². The Labute approximate surface area is 358 Å². The molecule has 310 valence electrons. The van der Waals surface area contributed by atoms with E-state index in [0.29, 0.717) is 22.5 Å². The molecular weight excluding hydrogens is 833 g/mol. The summed E-state index contributed by atoms with van der Waals surface area (Å²) >= 11 is 0.639. The molecule has 0 bridgehead atoms. The van der Waals surface area contributed by atoms with E-state index in [9.17, 15) is 66.4 Å². The maximum atomic E-state index is 11.5. The van der Waals surface area contributed by atoms with Gasteiger partial charge in [-0.1, -0.05) is 84.9 Å². The Morgan fingerprint density at radius 3 is 1.24 bits per heavy atom. The van der Waals surface area contributed by atoms with E-state index in [2.05, 4.69) is 15.0 Å². The molecule has 0 spiro atoms. The van der Waals surface area contributed by atoms with Crippen LogP contribution in [0.4, 0.5) is 0 Å². The van der Waals surface area contributed by atoms with E-state index in [1.165, 1.54) is 0 Å². The SMILES string of the molecule is [B]c1c(O)cc2sc3c(-c4c(O)c(O)c(-c5c(O)c(O)c(-c6nc(-c7ccccc7)nc(-c7ccc(-c8ccccc8)cc7)n6)c(O)c5O)c(O)c4O)c(O)c(O)c(O)c3c2c1O. The third kappa shape index (κ3) is 5.95. The van der Waals surface area contributed by atoms with Gasteiger partial charge in [0.05, 0.1) is 32.3 Å². The average molecular weight is 862 g/mol. The zero-order valence-electron chi connectivity index (χ0n) is 31.8. The molecule has 16 nitrogen and oxygen atoms in total. The average Bonchev–Trinajstić information content (AvgIpc) is 3.68. The van der Waals surface area contributed by atoms with Gasteiger partial charge < -0.3 is 66.4 Å². The summed E-state index contributed by atoms with van der Waals surface area (Å²) in [6, 6.07) is 26.3. The molecule has 9 aromatic rings. The third-order valence-corrected chi connectivity index (χ3v) is 11.7. The van der Waals surface area contributed by atoms with Crippen LogP contribution < -0.4 is 5.46 Å². The van der Waals surface area contributed by atoms with E-state index in [-0.39, 0.29) is 26.4 Å². The number of hydrogen-bond donors (Lipinski definition) is 13. The zero-order chi connectivity index (χ0) is 44.8. The largest absolute Gasteiger partial charge is 0.508 e. The Balaban J connectivity index is 1.23. The first-order valence-corrected chi connectivity index (χ1v) is 19.2. The molecule has 2 radical (unpaired) electrons. The topological polar surface area (TPSA) is 302 Å². The van der Waals surface area contributed by atoms with E-state index >= 15 is 0 Å². The normalized spacial score (nSPS) is 11.4. The number of phenolic OH excluding ortho intramolecular Hbond substituents is 13. The van der Waals surface area contributed by atoms with Crippen molar-refractivity contribution >= 4 is 44.8 Å². The van der Waals surface area contributed by atoms with Gasteiger partial charge in [0.1, 0.15) is 24.9 Å². The van der Waals surface area contributed by atoms with Gasteiger partial charge in [-0.3, -0.25) is 0 Å². The van der Waals surface area contributed by atoms with Crippen molar-refractivity contribution in [2.45, 2.75) is 0 Å². The Kier molecular flexibility index (Phi) is 9.11. The Hall–Kier alpha value is -8.77. The quantitative estimate of drug-likeness (QED) is 0.0446. The molecule has 2 heterocycles. The third-order valence-electron chi connectivity index (χ3n) is 10.6. The number of fused-ring (bicyclic) bond motifs is 3. The molecule has 0 unspecified atom stereocenters. The van der Waals surface area contributed by atoms with Crippen molar-refractivity contribution in [3.05, 3.63) is 91.0 Å². The zero-order valence-corrected chi connectivity index (χ0v) is 32.6. The number of benzene rings is 7. The van der Waals surface area contributed by atoms with E-state index < -0.39 is 119 Å². The summed E-state index contributed by atoms with van der Waals surface area (Å²) in [6.45, 7) is 0. The second-order valence-corrected chi connectivity index (χ2v) is 15.2. The molecule has 0 aliphatic rings. The fourth-order valence-electron chi connectivity index (χ4n) is 7.43. The highest BCUT2D eigenvalue weighted by Gasteiger charge is 2.36. The first-order chi connectivity index (χ1) is 30.1. The van der Waals surface area contributed by atoms with Gasteiger partial charge in [-0.15, -0.1) is 11.3 Å². The maximum Gasteiger partial charge on any atom is 0.201 e. The lowest BCUT2D eigenvalue weighted by atomic mass is 9.90. The second-order valence-electron chi connectivity index (χ2n) is 14.2. The van der Waals surface area contributed by atoms with Crippen LogP contribution >= 0.6 is 11.3 Å². The summed E-state index contributed by atoms with van der Waals surface area (Å²) in [5.74, 6) is -15.8. The highest BCUT2D eigenvalue weighted by atomic mass is 32.1. The Bertz CT molecular complexity index is 3330. The Morgan fingerprint density at radius 1 is 0.349 bits per heavy atom. The summed E-state index contributed by atoms with van der Waals surface area (Å²) in [4.78, 5) is 13.5. The van der Waals surface area contributed by atoms with Crippen LogP contribution in [0, 0.1) is 0 Å². The molecule has 7 aromatic carbocycles. The first-order valence-electron chi connectivity index (χ1n) is 18.4. The van der Waals surface area contributed by atoms with Crippen LogP contribution in [-0.4, -0.2) is 89.2 Å². The van der Waals surface area contributed by atoms with Gasteiger partial charge in [0, 0.05) is 21.2 Å². The molecule has 0 saturated carbocycles. The van der Waals surface area contributed by atoms with E-state index in [1.54, 1.807) is 42.5 Å². The molecule has 0 saturated heterocycles. The summed E-state index contributed by atoms with van der Waals surface area (Å²) < 4.78 is -0.276. The lowest BCUT2D eigenvalue weighted by Gasteiger charge is -2.20. The molecule has 0 fully saturated rings. The molecule has 13 N–H and O–H groups in total. The van der Waals surface area contributed by atoms with Crippen molar-refractivity contribution in [3.63, 3.8) is 0 Å². The van der Waals surface area contributed by atoms with Crippen molar-refractivity contribution in [2.75, 3.05) is 0 Å². The molecule has 0 aliphatic heterocycles. The van der Waals surface area contributed by atoms with Crippen LogP contribution in [0.1, 0.15) is 0 Å². The first kappa shape index (κ1) is 39.7. The monoisotopic (exact) mass is 861 g/mol. The van der Waals surface area contributed by atoms with Gasteiger partial charge in [-0.25, -0.2) is 15.0 Å². The fourth-order valence-corrected chi connectivity index (χ4v) is 8.72. The predicted molar refractivity (Wildman–Crippen MR) is 232 cm³/mol. The van der Waals surface area contributed by atoms with Gasteiger partial charge in [-0.05, 0) is 22.7 Å². The van der Waals surface area contributed by atoms with Crippen molar-refractivity contribution in [3.8, 4) is 142 Å². The van der Waals surface area contributed by atoms with Gasteiger partial charge in [0.25, 0.3) is 0 Å². The number of rotatable bonds is 6. The van der Waals surface area contributed by atoms with Crippen molar-refractivity contribution in [1.29, 1.82) is 0 Å². The van der Waals surface area contributed by atoms with Crippen molar-refractivity contribution in [1.82, 2.24) is 15.0 Å². The maximum absolute atomic E-state index is 11.5. The van der Waals surface area contributed by atoms with Gasteiger partial charge >= 0.3 is 0 Å². The number of nitrogens with zero attached hydrogens (tertiary/aromatic N) is 3. The molecule has 2 aromatic heterocycles. The van der Waals surface area contributed by atoms with E-state index in [1.807, 2.05) is 42.5 Å². The van der Waals surface area contributed by atoms with Gasteiger partial charge in [0.2, 0.25) is 5.75 Å². The smallest absolute Gasteiger partial charge is 0.201 e. The molecule has 18 heteroatoms. The van der Waals surface area contributed by atoms with Crippen LogP contribution in [0.15, 0.2) is 91.0 Å². The van der Waals surface area contributed by atoms with Crippen molar-refractivity contribution in [2.24, 2.45) is 0 Å². The minimum Gasteiger partial charge on any atom is -0.508 e. The molecular formula is C45H28BN3O13S. The van der Waals surface area contributed by atoms with Crippen molar-refractivity contribution < 1.29 is 66.4 Å². The van der Waals surface area contributed by atoms with Crippen LogP contribution in [-0.2, 0) is 0 Å². The fraction of sp³-hybridized carbons (Fsp3) is 0. The van der Waals surface area contributed by atoms with Crippen LogP contribution in [0.3, 0.4) is 0 Å². The summed E-state index contributed by atoms with van der Waals surface area (Å²) in [7, 11) is 5.77. The minimum atomic E-state index is -1.42. The second kappa shape index (κ2) is 14.5. The summed E-state index contributed by atoms with van der Waals surface area (Å²) in [5.41, 5.74) is -2.44. The summed E-state index contributed by atoms with van der Waals surface area (Å²) in [6.07, 6.45) is 0. The van der Waals surface area contributed by atoms with Gasteiger partial charge in [-0.2, -0.15) is 0 Å². The molecule has 0 amide bonds. The lowest BCUT2D eigenvalue weighted by Crippen LogP contribution is -2.03. The highest BCUT2D eigenvalue weighted by molar-refractivity contribution is 7.26. The molecule has 9 rings (SSSR count). The molecule has 63 heavy (non-hydrogen) atoms. The van der Waals surface area contributed by atoms with Crippen LogP contribution in [0.25, 0.3) is 87.7 Å².